The zero-order valence-electron chi connectivity index (χ0n) is 22.6. The molecule has 188 valence electrons. The average Bonchev–Trinajstić information content (AvgIpc) is 3.19. The van der Waals surface area contributed by atoms with Crippen LogP contribution in [0.25, 0.3) is 0 Å². The molecule has 9 atom stereocenters. The highest BCUT2D eigenvalue weighted by molar-refractivity contribution is 5.94. The van der Waals surface area contributed by atoms with E-state index in [0.29, 0.717) is 22.9 Å². The number of carbonyl (C=O) groups is 1. The zero-order valence-corrected chi connectivity index (χ0v) is 22.6. The lowest BCUT2D eigenvalue weighted by molar-refractivity contribution is -0.122. The Labute approximate surface area is 208 Å². The molecule has 1 aromatic carbocycles. The van der Waals surface area contributed by atoms with E-state index in [1.54, 1.807) is 0 Å². The molecule has 0 radical (unpaired) electrons. The van der Waals surface area contributed by atoms with Gasteiger partial charge in [-0.15, -0.1) is 0 Å². The summed E-state index contributed by atoms with van der Waals surface area (Å²) in [4.78, 5) is 17.7. The molecule has 0 heterocycles. The number of nitrogens with zero attached hydrogens (tertiary/aromatic N) is 2. The van der Waals surface area contributed by atoms with Crippen LogP contribution < -0.4 is 0 Å². The van der Waals surface area contributed by atoms with E-state index in [-0.39, 0.29) is 5.91 Å². The van der Waals surface area contributed by atoms with Crippen molar-refractivity contribution in [2.45, 2.75) is 90.6 Å². The summed E-state index contributed by atoms with van der Waals surface area (Å²) < 4.78 is 0. The Morgan fingerprint density at radius 3 is 2.26 bits per heavy atom. The van der Waals surface area contributed by atoms with Gasteiger partial charge in [0.15, 0.2) is 0 Å². The van der Waals surface area contributed by atoms with Gasteiger partial charge in [-0.05, 0) is 131 Å². The van der Waals surface area contributed by atoms with Crippen molar-refractivity contribution in [1.29, 1.82) is 0 Å². The molecule has 0 saturated heterocycles. The Kier molecular flexibility index (Phi) is 6.41. The first kappa shape index (κ1) is 24.3. The number of fused-ring (bicyclic) bond motifs is 5. The van der Waals surface area contributed by atoms with Crippen molar-refractivity contribution < 1.29 is 4.79 Å². The molecule has 5 rings (SSSR count). The van der Waals surface area contributed by atoms with Crippen LogP contribution in [-0.4, -0.2) is 48.9 Å². The Balaban J connectivity index is 1.30. The van der Waals surface area contributed by atoms with Gasteiger partial charge in [-0.3, -0.25) is 4.79 Å². The lowest BCUT2D eigenvalue weighted by atomic mass is 9.44. The van der Waals surface area contributed by atoms with Crippen molar-refractivity contribution in [3.8, 4) is 0 Å². The molecule has 4 fully saturated rings. The fourth-order valence-electron chi connectivity index (χ4n) is 9.73. The third-order valence-electron chi connectivity index (χ3n) is 12.0. The largest absolute Gasteiger partial charge is 0.339 e. The van der Waals surface area contributed by atoms with E-state index in [4.69, 9.17) is 0 Å². The maximum absolute atomic E-state index is 13.1. The highest BCUT2D eigenvalue weighted by atomic mass is 16.2. The van der Waals surface area contributed by atoms with E-state index >= 15 is 0 Å². The fourth-order valence-corrected chi connectivity index (χ4v) is 9.73. The van der Waals surface area contributed by atoms with Crippen LogP contribution in [0.4, 0.5) is 0 Å². The van der Waals surface area contributed by atoms with Gasteiger partial charge in [-0.1, -0.05) is 32.0 Å². The topological polar surface area (TPSA) is 23.6 Å². The van der Waals surface area contributed by atoms with Crippen LogP contribution in [0, 0.1) is 40.4 Å². The zero-order chi connectivity index (χ0) is 24.3. The van der Waals surface area contributed by atoms with Gasteiger partial charge in [0.1, 0.15) is 0 Å². The molecule has 0 N–H and O–H groups in total. The molecule has 34 heavy (non-hydrogen) atoms. The predicted octanol–water partition coefficient (Wildman–Crippen LogP) is 6.74. The Hall–Kier alpha value is -1.35. The second-order valence-corrected chi connectivity index (χ2v) is 13.3. The highest BCUT2D eigenvalue weighted by Crippen LogP contribution is 2.68. The molecule has 4 aliphatic carbocycles. The molecule has 0 spiro atoms. The monoisotopic (exact) mass is 464 g/mol. The molecule has 3 nitrogen and oxygen atoms in total. The van der Waals surface area contributed by atoms with E-state index < -0.39 is 0 Å². The van der Waals surface area contributed by atoms with Crippen LogP contribution in [-0.2, 0) is 0 Å². The first-order valence-corrected chi connectivity index (χ1v) is 14.2. The number of benzene rings is 1. The summed E-state index contributed by atoms with van der Waals surface area (Å²) in [7, 11) is 6.60. The van der Waals surface area contributed by atoms with Crippen molar-refractivity contribution in [3.05, 3.63) is 35.9 Å². The normalized spacial score (nSPS) is 42.4. The molecule has 0 bridgehead atoms. The van der Waals surface area contributed by atoms with Gasteiger partial charge in [0.25, 0.3) is 5.91 Å². The van der Waals surface area contributed by atoms with Crippen molar-refractivity contribution >= 4 is 5.91 Å². The smallest absolute Gasteiger partial charge is 0.253 e. The molecular formula is C31H48N2O. The lowest BCUT2D eigenvalue weighted by Gasteiger charge is -2.62. The van der Waals surface area contributed by atoms with Gasteiger partial charge in [-0.25, -0.2) is 0 Å². The SMILES string of the molecule is CC(C1CCC2C3CCC4CC(N(C)C(=O)c5ccccc5)CCC4(C)C3CCC21C)N(C)C. The first-order chi connectivity index (χ1) is 16.2. The van der Waals surface area contributed by atoms with E-state index in [1.165, 1.54) is 57.8 Å². The number of rotatable bonds is 4. The van der Waals surface area contributed by atoms with Gasteiger partial charge >= 0.3 is 0 Å². The van der Waals surface area contributed by atoms with Crippen LogP contribution in [0.15, 0.2) is 30.3 Å². The van der Waals surface area contributed by atoms with Crippen molar-refractivity contribution in [3.63, 3.8) is 0 Å². The fraction of sp³-hybridized carbons (Fsp3) is 0.774. The Morgan fingerprint density at radius 1 is 0.882 bits per heavy atom. The summed E-state index contributed by atoms with van der Waals surface area (Å²) in [6.45, 7) is 7.79. The van der Waals surface area contributed by atoms with Crippen LogP contribution in [0.2, 0.25) is 0 Å². The molecule has 1 aromatic rings. The van der Waals surface area contributed by atoms with E-state index in [9.17, 15) is 4.79 Å². The molecule has 3 heteroatoms. The average molecular weight is 465 g/mol. The van der Waals surface area contributed by atoms with Crippen molar-refractivity contribution in [1.82, 2.24) is 9.80 Å². The number of hydrogen-bond donors (Lipinski definition) is 0. The molecular weight excluding hydrogens is 416 g/mol. The highest BCUT2D eigenvalue weighted by Gasteiger charge is 2.61. The van der Waals surface area contributed by atoms with Gasteiger partial charge in [0.05, 0.1) is 0 Å². The number of hydrogen-bond acceptors (Lipinski definition) is 2. The molecule has 1 amide bonds. The third kappa shape index (κ3) is 3.76. The number of amides is 1. The Morgan fingerprint density at radius 2 is 1.56 bits per heavy atom. The van der Waals surface area contributed by atoms with Gasteiger partial charge in [0.2, 0.25) is 0 Å². The van der Waals surface area contributed by atoms with Crippen LogP contribution in [0.1, 0.15) is 88.9 Å². The summed E-state index contributed by atoms with van der Waals surface area (Å²) in [6, 6.07) is 10.9. The molecule has 4 aliphatic rings. The first-order valence-electron chi connectivity index (χ1n) is 14.2. The second kappa shape index (κ2) is 8.95. The predicted molar refractivity (Wildman–Crippen MR) is 141 cm³/mol. The third-order valence-corrected chi connectivity index (χ3v) is 12.0. The standard InChI is InChI=1S/C31H48N2O/c1-21(32(4)5)26-14-15-27-25-13-12-23-20-24(33(6)29(34)22-10-8-7-9-11-22)16-18-30(23,2)28(25)17-19-31(26,27)3/h7-11,21,23-28H,12-20H2,1-6H3. The van der Waals surface area contributed by atoms with E-state index in [0.717, 1.165) is 35.2 Å². The minimum absolute atomic E-state index is 0.198. The van der Waals surface area contributed by atoms with E-state index in [2.05, 4.69) is 44.7 Å². The molecule has 4 saturated carbocycles. The summed E-state index contributed by atoms with van der Waals surface area (Å²) in [5.74, 6) is 4.58. The summed E-state index contributed by atoms with van der Waals surface area (Å²) in [6.07, 6.45) is 12.2. The molecule has 0 aromatic heterocycles. The number of carbonyl (C=O) groups excluding carboxylic acids is 1. The maximum atomic E-state index is 13.1. The summed E-state index contributed by atoms with van der Waals surface area (Å²) in [5.41, 5.74) is 1.84. The Bertz CT molecular complexity index is 883. The minimum Gasteiger partial charge on any atom is -0.339 e. The van der Waals surface area contributed by atoms with Crippen molar-refractivity contribution in [2.24, 2.45) is 40.4 Å². The van der Waals surface area contributed by atoms with Crippen LogP contribution in [0.5, 0.6) is 0 Å². The second-order valence-electron chi connectivity index (χ2n) is 13.3. The summed E-state index contributed by atoms with van der Waals surface area (Å²) in [5, 5.41) is 0. The van der Waals surface area contributed by atoms with Gasteiger partial charge < -0.3 is 9.80 Å². The maximum Gasteiger partial charge on any atom is 0.253 e. The van der Waals surface area contributed by atoms with Gasteiger partial charge in [-0.2, -0.15) is 0 Å². The van der Waals surface area contributed by atoms with E-state index in [1.807, 2.05) is 37.4 Å². The quantitative estimate of drug-likeness (QED) is 0.493. The minimum atomic E-state index is 0.198. The van der Waals surface area contributed by atoms with Crippen molar-refractivity contribution in [2.75, 3.05) is 21.1 Å². The van der Waals surface area contributed by atoms with Gasteiger partial charge in [0, 0.05) is 24.7 Å². The molecule has 9 unspecified atom stereocenters. The van der Waals surface area contributed by atoms with Crippen LogP contribution in [0.3, 0.4) is 0 Å². The molecule has 0 aliphatic heterocycles. The van der Waals surface area contributed by atoms with Crippen LogP contribution >= 0.6 is 0 Å². The summed E-state index contributed by atoms with van der Waals surface area (Å²) >= 11 is 0. The lowest BCUT2D eigenvalue weighted by Crippen LogP contribution is -2.56.